The van der Waals surface area contributed by atoms with Crippen LogP contribution < -0.4 is 5.73 Å². The first kappa shape index (κ1) is 11.6. The van der Waals surface area contributed by atoms with E-state index in [4.69, 9.17) is 10.5 Å². The van der Waals surface area contributed by atoms with Crippen LogP contribution in [0.2, 0.25) is 0 Å². The molecule has 0 saturated carbocycles. The summed E-state index contributed by atoms with van der Waals surface area (Å²) in [7, 11) is 0. The van der Waals surface area contributed by atoms with Crippen LogP contribution in [0, 0.1) is 0 Å². The van der Waals surface area contributed by atoms with Gasteiger partial charge in [-0.25, -0.2) is 0 Å². The highest BCUT2D eigenvalue weighted by Crippen LogP contribution is 2.23. The Morgan fingerprint density at radius 1 is 1.38 bits per heavy atom. The van der Waals surface area contributed by atoms with E-state index in [2.05, 4.69) is 6.07 Å². The minimum absolute atomic E-state index is 0.444. The van der Waals surface area contributed by atoms with Crippen molar-refractivity contribution in [2.75, 3.05) is 13.2 Å². The second-order valence-corrected chi connectivity index (χ2v) is 4.58. The van der Waals surface area contributed by atoms with E-state index in [1.54, 1.807) is 0 Å². The number of benzene rings is 1. The monoisotopic (exact) mass is 221 g/mol. The molecule has 3 nitrogen and oxygen atoms in total. The van der Waals surface area contributed by atoms with Gasteiger partial charge in [0.25, 0.3) is 0 Å². The summed E-state index contributed by atoms with van der Waals surface area (Å²) in [4.78, 5) is 0. The number of nitrogens with two attached hydrogens (primary N) is 1. The molecule has 1 aromatic carbocycles. The summed E-state index contributed by atoms with van der Waals surface area (Å²) in [5, 5.41) is 10.3. The Hall–Kier alpha value is -0.900. The third-order valence-corrected chi connectivity index (χ3v) is 3.06. The SMILES string of the molecule is NCc1cccc(CC2(O)CCCOC2)c1. The van der Waals surface area contributed by atoms with Crippen LogP contribution in [0.5, 0.6) is 0 Å². The smallest absolute Gasteiger partial charge is 0.0921 e. The Morgan fingerprint density at radius 3 is 2.88 bits per heavy atom. The van der Waals surface area contributed by atoms with Crippen molar-refractivity contribution in [3.8, 4) is 0 Å². The van der Waals surface area contributed by atoms with Crippen molar-refractivity contribution < 1.29 is 9.84 Å². The summed E-state index contributed by atoms with van der Waals surface area (Å²) in [6.07, 6.45) is 2.41. The fourth-order valence-corrected chi connectivity index (χ4v) is 2.22. The zero-order chi connectivity index (χ0) is 11.4. The molecule has 0 radical (unpaired) electrons. The third kappa shape index (κ3) is 2.82. The number of rotatable bonds is 3. The molecule has 0 aromatic heterocycles. The summed E-state index contributed by atoms with van der Waals surface area (Å²) in [5.41, 5.74) is 7.15. The fraction of sp³-hybridized carbons (Fsp3) is 0.538. The van der Waals surface area contributed by atoms with Crippen LogP contribution in [0.3, 0.4) is 0 Å². The van der Waals surface area contributed by atoms with Crippen LogP contribution in [0.4, 0.5) is 0 Å². The Kier molecular flexibility index (Phi) is 3.59. The predicted molar refractivity (Wildman–Crippen MR) is 63.0 cm³/mol. The number of ether oxygens (including phenoxy) is 1. The van der Waals surface area contributed by atoms with E-state index < -0.39 is 5.60 Å². The zero-order valence-corrected chi connectivity index (χ0v) is 9.48. The summed E-state index contributed by atoms with van der Waals surface area (Å²) in [6.45, 7) is 1.76. The van der Waals surface area contributed by atoms with Crippen LogP contribution in [0.15, 0.2) is 24.3 Å². The molecule has 0 spiro atoms. The Bertz CT molecular complexity index is 346. The van der Waals surface area contributed by atoms with Crippen molar-refractivity contribution in [1.82, 2.24) is 0 Å². The van der Waals surface area contributed by atoms with E-state index in [9.17, 15) is 5.11 Å². The lowest BCUT2D eigenvalue weighted by atomic mass is 9.89. The van der Waals surface area contributed by atoms with Gasteiger partial charge < -0.3 is 15.6 Å². The molecular formula is C13H19NO2. The van der Waals surface area contributed by atoms with E-state index in [0.29, 0.717) is 19.6 Å². The lowest BCUT2D eigenvalue weighted by molar-refractivity contribution is -0.0845. The van der Waals surface area contributed by atoms with Crippen molar-refractivity contribution >= 4 is 0 Å². The van der Waals surface area contributed by atoms with Gasteiger partial charge in [-0.15, -0.1) is 0 Å². The van der Waals surface area contributed by atoms with E-state index >= 15 is 0 Å². The maximum absolute atomic E-state index is 10.3. The molecule has 88 valence electrons. The minimum Gasteiger partial charge on any atom is -0.387 e. The largest absolute Gasteiger partial charge is 0.387 e. The van der Waals surface area contributed by atoms with Crippen LogP contribution in [0.25, 0.3) is 0 Å². The van der Waals surface area contributed by atoms with Gasteiger partial charge in [0, 0.05) is 19.6 Å². The summed E-state index contributed by atoms with van der Waals surface area (Å²) in [6, 6.07) is 8.09. The topological polar surface area (TPSA) is 55.5 Å². The van der Waals surface area contributed by atoms with Crippen LogP contribution in [0.1, 0.15) is 24.0 Å². The van der Waals surface area contributed by atoms with E-state index in [0.717, 1.165) is 30.6 Å². The van der Waals surface area contributed by atoms with Crippen molar-refractivity contribution in [1.29, 1.82) is 0 Å². The van der Waals surface area contributed by atoms with Gasteiger partial charge in [0.15, 0.2) is 0 Å². The van der Waals surface area contributed by atoms with Gasteiger partial charge in [0.1, 0.15) is 0 Å². The highest BCUT2D eigenvalue weighted by Gasteiger charge is 2.30. The highest BCUT2D eigenvalue weighted by molar-refractivity contribution is 5.24. The van der Waals surface area contributed by atoms with E-state index in [-0.39, 0.29) is 0 Å². The number of aliphatic hydroxyl groups is 1. The molecule has 3 N–H and O–H groups in total. The summed E-state index contributed by atoms with van der Waals surface area (Å²) < 4.78 is 5.34. The number of hydrogen-bond donors (Lipinski definition) is 2. The van der Waals surface area contributed by atoms with Crippen molar-refractivity contribution in [2.45, 2.75) is 31.4 Å². The molecule has 3 heteroatoms. The molecule has 1 unspecified atom stereocenters. The molecule has 1 fully saturated rings. The lowest BCUT2D eigenvalue weighted by Gasteiger charge is -2.32. The van der Waals surface area contributed by atoms with Crippen LogP contribution in [-0.4, -0.2) is 23.9 Å². The van der Waals surface area contributed by atoms with E-state index in [1.807, 2.05) is 18.2 Å². The zero-order valence-electron chi connectivity index (χ0n) is 9.48. The minimum atomic E-state index is -0.689. The molecule has 1 aliphatic heterocycles. The lowest BCUT2D eigenvalue weighted by Crippen LogP contribution is -2.40. The first-order valence-electron chi connectivity index (χ1n) is 5.80. The van der Waals surface area contributed by atoms with Gasteiger partial charge >= 0.3 is 0 Å². The standard InChI is InChI=1S/C13H19NO2/c14-9-12-4-1-3-11(7-12)8-13(15)5-2-6-16-10-13/h1,3-4,7,15H,2,5-6,8-10,14H2. The molecule has 16 heavy (non-hydrogen) atoms. The van der Waals surface area contributed by atoms with Gasteiger partial charge in [-0.05, 0) is 24.0 Å². The Labute approximate surface area is 96.2 Å². The maximum Gasteiger partial charge on any atom is 0.0921 e. The van der Waals surface area contributed by atoms with Crippen LogP contribution in [-0.2, 0) is 17.7 Å². The van der Waals surface area contributed by atoms with Crippen molar-refractivity contribution in [3.63, 3.8) is 0 Å². The van der Waals surface area contributed by atoms with Crippen LogP contribution >= 0.6 is 0 Å². The van der Waals surface area contributed by atoms with Crippen molar-refractivity contribution in [2.24, 2.45) is 5.73 Å². The fourth-order valence-electron chi connectivity index (χ4n) is 2.22. The van der Waals surface area contributed by atoms with Gasteiger partial charge in [0.2, 0.25) is 0 Å². The second kappa shape index (κ2) is 4.95. The molecular weight excluding hydrogens is 202 g/mol. The third-order valence-electron chi connectivity index (χ3n) is 3.06. The molecule has 1 heterocycles. The Morgan fingerprint density at radius 2 is 2.19 bits per heavy atom. The average molecular weight is 221 g/mol. The highest BCUT2D eigenvalue weighted by atomic mass is 16.5. The van der Waals surface area contributed by atoms with Gasteiger partial charge in [-0.3, -0.25) is 0 Å². The average Bonchev–Trinajstić information content (AvgIpc) is 2.29. The quantitative estimate of drug-likeness (QED) is 0.807. The molecule has 1 aromatic rings. The summed E-state index contributed by atoms with van der Waals surface area (Å²) in [5.74, 6) is 0. The normalized spacial score (nSPS) is 25.6. The number of hydrogen-bond acceptors (Lipinski definition) is 3. The van der Waals surface area contributed by atoms with Gasteiger partial charge in [0.05, 0.1) is 12.2 Å². The molecule has 1 atom stereocenters. The molecule has 1 aliphatic rings. The van der Waals surface area contributed by atoms with Gasteiger partial charge in [-0.1, -0.05) is 24.3 Å². The molecule has 0 aliphatic carbocycles. The molecule has 0 amide bonds. The van der Waals surface area contributed by atoms with Crippen molar-refractivity contribution in [3.05, 3.63) is 35.4 Å². The maximum atomic E-state index is 10.3. The second-order valence-electron chi connectivity index (χ2n) is 4.58. The predicted octanol–water partition coefficient (Wildman–Crippen LogP) is 1.23. The first-order valence-corrected chi connectivity index (χ1v) is 5.80. The molecule has 1 saturated heterocycles. The molecule has 0 bridgehead atoms. The first-order chi connectivity index (χ1) is 7.72. The van der Waals surface area contributed by atoms with E-state index in [1.165, 1.54) is 0 Å². The molecule has 2 rings (SSSR count). The summed E-state index contributed by atoms with van der Waals surface area (Å²) >= 11 is 0. The van der Waals surface area contributed by atoms with Gasteiger partial charge in [-0.2, -0.15) is 0 Å². The Balaban J connectivity index is 2.07.